The number of rotatable bonds is 4. The highest BCUT2D eigenvalue weighted by Crippen LogP contribution is 2.39. The van der Waals surface area contributed by atoms with Crippen molar-refractivity contribution in [1.29, 1.82) is 0 Å². The van der Waals surface area contributed by atoms with Gasteiger partial charge in [0.15, 0.2) is 0 Å². The van der Waals surface area contributed by atoms with Gasteiger partial charge in [0.1, 0.15) is 5.82 Å². The van der Waals surface area contributed by atoms with Crippen LogP contribution in [0, 0.1) is 5.82 Å². The standard InChI is InChI=1S/C17H17ClFNS/c1-20-14(9-12-6-4-7-13(18)17(12)19)16-10-11-5-2-3-8-15(11)21-16/h2-8,14,16,20H,9-10H2,1H3. The van der Waals surface area contributed by atoms with E-state index in [1.54, 1.807) is 6.07 Å². The van der Waals surface area contributed by atoms with Gasteiger partial charge in [-0.15, -0.1) is 11.8 Å². The molecular formula is C17H17ClFNS. The molecule has 2 unspecified atom stereocenters. The van der Waals surface area contributed by atoms with Crippen LogP contribution in [0.3, 0.4) is 0 Å². The monoisotopic (exact) mass is 321 g/mol. The third-order valence-corrected chi connectivity index (χ3v) is 5.71. The van der Waals surface area contributed by atoms with Crippen molar-refractivity contribution in [3.8, 4) is 0 Å². The Morgan fingerprint density at radius 3 is 2.86 bits per heavy atom. The summed E-state index contributed by atoms with van der Waals surface area (Å²) < 4.78 is 14.1. The third kappa shape index (κ3) is 3.10. The Morgan fingerprint density at radius 1 is 1.29 bits per heavy atom. The summed E-state index contributed by atoms with van der Waals surface area (Å²) in [6.45, 7) is 0. The molecule has 1 heterocycles. The molecule has 0 spiro atoms. The van der Waals surface area contributed by atoms with Crippen LogP contribution >= 0.6 is 23.4 Å². The number of thioether (sulfide) groups is 1. The molecule has 3 rings (SSSR count). The third-order valence-electron chi connectivity index (χ3n) is 3.96. The number of halogens is 2. The molecule has 1 aliphatic rings. The highest BCUT2D eigenvalue weighted by Gasteiger charge is 2.29. The van der Waals surface area contributed by atoms with E-state index in [1.165, 1.54) is 10.5 Å². The van der Waals surface area contributed by atoms with Crippen molar-refractivity contribution in [1.82, 2.24) is 5.32 Å². The SMILES string of the molecule is CNC(Cc1cccc(Cl)c1F)C1Cc2ccccc2S1. The zero-order chi connectivity index (χ0) is 14.8. The molecule has 2 atom stereocenters. The molecule has 0 saturated carbocycles. The van der Waals surface area contributed by atoms with Gasteiger partial charge in [-0.05, 0) is 43.1 Å². The van der Waals surface area contributed by atoms with Crippen molar-refractivity contribution in [3.63, 3.8) is 0 Å². The lowest BCUT2D eigenvalue weighted by molar-refractivity contribution is 0.518. The maximum Gasteiger partial charge on any atom is 0.145 e. The van der Waals surface area contributed by atoms with E-state index in [0.29, 0.717) is 17.2 Å². The summed E-state index contributed by atoms with van der Waals surface area (Å²) in [4.78, 5) is 1.34. The lowest BCUT2D eigenvalue weighted by Crippen LogP contribution is -2.37. The molecule has 0 bridgehead atoms. The zero-order valence-corrected chi connectivity index (χ0v) is 13.3. The van der Waals surface area contributed by atoms with E-state index in [4.69, 9.17) is 11.6 Å². The number of hydrogen-bond acceptors (Lipinski definition) is 2. The molecule has 1 aliphatic heterocycles. The largest absolute Gasteiger partial charge is 0.316 e. The second-order valence-corrected chi connectivity index (χ2v) is 6.97. The fourth-order valence-electron chi connectivity index (χ4n) is 2.80. The molecule has 0 amide bonds. The molecule has 4 heteroatoms. The lowest BCUT2D eigenvalue weighted by Gasteiger charge is -2.22. The van der Waals surface area contributed by atoms with Crippen LogP contribution in [0.15, 0.2) is 47.4 Å². The van der Waals surface area contributed by atoms with Crippen LogP contribution < -0.4 is 5.32 Å². The van der Waals surface area contributed by atoms with E-state index in [1.807, 2.05) is 30.9 Å². The van der Waals surface area contributed by atoms with Gasteiger partial charge in [0.25, 0.3) is 0 Å². The highest BCUT2D eigenvalue weighted by molar-refractivity contribution is 8.00. The maximum absolute atomic E-state index is 14.1. The fraction of sp³-hybridized carbons (Fsp3) is 0.294. The van der Waals surface area contributed by atoms with Gasteiger partial charge in [0.05, 0.1) is 5.02 Å². The lowest BCUT2D eigenvalue weighted by atomic mass is 9.98. The van der Waals surface area contributed by atoms with Crippen LogP contribution in [0.1, 0.15) is 11.1 Å². The molecule has 1 N–H and O–H groups in total. The Balaban J connectivity index is 1.77. The summed E-state index contributed by atoms with van der Waals surface area (Å²) in [6.07, 6.45) is 1.67. The van der Waals surface area contributed by atoms with Gasteiger partial charge >= 0.3 is 0 Å². The summed E-state index contributed by atoms with van der Waals surface area (Å²) in [6, 6.07) is 13.9. The molecular weight excluding hydrogens is 305 g/mol. The van der Waals surface area contributed by atoms with Gasteiger partial charge in [-0.1, -0.05) is 41.9 Å². The molecule has 21 heavy (non-hydrogen) atoms. The molecule has 110 valence electrons. The Bertz CT molecular complexity index is 621. The van der Waals surface area contributed by atoms with Gasteiger partial charge in [0.2, 0.25) is 0 Å². The van der Waals surface area contributed by atoms with E-state index in [-0.39, 0.29) is 16.9 Å². The van der Waals surface area contributed by atoms with Crippen molar-refractivity contribution in [3.05, 3.63) is 64.4 Å². The minimum atomic E-state index is -0.292. The van der Waals surface area contributed by atoms with E-state index < -0.39 is 0 Å². The van der Waals surface area contributed by atoms with Crippen LogP contribution in [0.5, 0.6) is 0 Å². The first kappa shape index (κ1) is 14.9. The molecule has 0 aliphatic carbocycles. The van der Waals surface area contributed by atoms with E-state index in [9.17, 15) is 4.39 Å². The van der Waals surface area contributed by atoms with Gasteiger partial charge in [-0.2, -0.15) is 0 Å². The van der Waals surface area contributed by atoms with Crippen LogP contribution in [-0.2, 0) is 12.8 Å². The molecule has 0 aromatic heterocycles. The van der Waals surface area contributed by atoms with Crippen molar-refractivity contribution in [2.75, 3.05) is 7.05 Å². The number of nitrogens with one attached hydrogen (secondary N) is 1. The normalized spacial score (nSPS) is 18.5. The predicted molar refractivity (Wildman–Crippen MR) is 87.8 cm³/mol. The average Bonchev–Trinajstić information content (AvgIpc) is 2.92. The van der Waals surface area contributed by atoms with Gasteiger partial charge in [-0.3, -0.25) is 0 Å². The Hall–Kier alpha value is -1.03. The van der Waals surface area contributed by atoms with Crippen LogP contribution in [0.4, 0.5) is 4.39 Å². The van der Waals surface area contributed by atoms with E-state index in [2.05, 4.69) is 29.6 Å². The molecule has 2 aromatic carbocycles. The van der Waals surface area contributed by atoms with E-state index in [0.717, 1.165) is 6.42 Å². The second-order valence-electron chi connectivity index (χ2n) is 5.28. The Morgan fingerprint density at radius 2 is 2.10 bits per heavy atom. The summed E-state index contributed by atoms with van der Waals surface area (Å²) in [5.41, 5.74) is 2.07. The average molecular weight is 322 g/mol. The Kier molecular flexibility index (Phi) is 4.53. The Labute approximate surface area is 133 Å². The first-order chi connectivity index (χ1) is 10.2. The first-order valence-corrected chi connectivity index (χ1v) is 8.29. The quantitative estimate of drug-likeness (QED) is 0.899. The second kappa shape index (κ2) is 6.39. The van der Waals surface area contributed by atoms with E-state index >= 15 is 0 Å². The fourth-order valence-corrected chi connectivity index (χ4v) is 4.44. The number of benzene rings is 2. The topological polar surface area (TPSA) is 12.0 Å². The van der Waals surface area contributed by atoms with Gasteiger partial charge in [0, 0.05) is 16.2 Å². The van der Waals surface area contributed by atoms with Crippen molar-refractivity contribution in [2.45, 2.75) is 29.0 Å². The summed E-state index contributed by atoms with van der Waals surface area (Å²) in [5.74, 6) is -0.292. The van der Waals surface area contributed by atoms with Crippen molar-refractivity contribution < 1.29 is 4.39 Å². The minimum Gasteiger partial charge on any atom is -0.316 e. The molecule has 0 saturated heterocycles. The van der Waals surface area contributed by atoms with Crippen LogP contribution in [0.2, 0.25) is 5.02 Å². The number of fused-ring (bicyclic) bond motifs is 1. The number of hydrogen-bond donors (Lipinski definition) is 1. The van der Waals surface area contributed by atoms with Crippen LogP contribution in [-0.4, -0.2) is 18.3 Å². The predicted octanol–water partition coefficient (Wildman–Crippen LogP) is 4.33. The van der Waals surface area contributed by atoms with Crippen molar-refractivity contribution >= 4 is 23.4 Å². The molecule has 2 aromatic rings. The molecule has 0 fully saturated rings. The summed E-state index contributed by atoms with van der Waals surface area (Å²) >= 11 is 7.75. The highest BCUT2D eigenvalue weighted by atomic mass is 35.5. The number of likely N-dealkylation sites (N-methyl/N-ethyl adjacent to an activating group) is 1. The molecule has 1 nitrogen and oxygen atoms in total. The van der Waals surface area contributed by atoms with Gasteiger partial charge in [-0.25, -0.2) is 4.39 Å². The van der Waals surface area contributed by atoms with Gasteiger partial charge < -0.3 is 5.32 Å². The smallest absolute Gasteiger partial charge is 0.145 e. The first-order valence-electron chi connectivity index (χ1n) is 7.03. The van der Waals surface area contributed by atoms with Crippen molar-refractivity contribution in [2.24, 2.45) is 0 Å². The summed E-state index contributed by atoms with van der Waals surface area (Å²) in [7, 11) is 1.94. The minimum absolute atomic E-state index is 0.199. The van der Waals surface area contributed by atoms with Crippen LogP contribution in [0.25, 0.3) is 0 Å². The summed E-state index contributed by atoms with van der Waals surface area (Å²) in [5, 5.41) is 3.96. The maximum atomic E-state index is 14.1. The molecule has 0 radical (unpaired) electrons. The zero-order valence-electron chi connectivity index (χ0n) is 11.8.